The molecule has 0 radical (unpaired) electrons. The van der Waals surface area contributed by atoms with Gasteiger partial charge in [0.25, 0.3) is 5.91 Å². The average molecular weight is 705 g/mol. The van der Waals surface area contributed by atoms with E-state index >= 15 is 0 Å². The number of carbonyl (C=O) groups is 2. The second kappa shape index (κ2) is 18.3. The van der Waals surface area contributed by atoms with E-state index in [1.807, 2.05) is 75.4 Å². The van der Waals surface area contributed by atoms with Crippen molar-refractivity contribution in [2.45, 2.75) is 70.9 Å². The number of methoxy groups -OCH3 is 2. The molecule has 2 aliphatic heterocycles. The summed E-state index contributed by atoms with van der Waals surface area (Å²) in [5.41, 5.74) is 3.18. The van der Waals surface area contributed by atoms with Crippen molar-refractivity contribution >= 4 is 17.7 Å². The Balaban J connectivity index is 1.20. The first-order valence-corrected chi connectivity index (χ1v) is 17.7. The molecule has 2 unspecified atom stereocenters. The van der Waals surface area contributed by atoms with Gasteiger partial charge in [0.2, 0.25) is 0 Å². The summed E-state index contributed by atoms with van der Waals surface area (Å²) >= 11 is 0. The number of hydrogen-bond donors (Lipinski definition) is 0. The minimum absolute atomic E-state index is 0.0170. The molecule has 0 spiro atoms. The van der Waals surface area contributed by atoms with E-state index in [4.69, 9.17) is 33.2 Å². The minimum atomic E-state index is -0.598. The Morgan fingerprint density at radius 2 is 1.75 bits per heavy atom. The lowest BCUT2D eigenvalue weighted by Gasteiger charge is -2.39. The Hall–Kier alpha value is -4.32. The van der Waals surface area contributed by atoms with Crippen LogP contribution in [0.4, 0.5) is 10.5 Å². The highest BCUT2D eigenvalue weighted by molar-refractivity contribution is 5.97. The van der Waals surface area contributed by atoms with Crippen LogP contribution in [0.1, 0.15) is 62.6 Å². The summed E-state index contributed by atoms with van der Waals surface area (Å²) in [7, 11) is 3.31. The van der Waals surface area contributed by atoms with Crippen molar-refractivity contribution < 1.29 is 42.7 Å². The van der Waals surface area contributed by atoms with E-state index in [2.05, 4.69) is 12.1 Å². The van der Waals surface area contributed by atoms with E-state index in [9.17, 15) is 9.59 Å². The summed E-state index contributed by atoms with van der Waals surface area (Å²) in [4.78, 5) is 29.3. The van der Waals surface area contributed by atoms with Gasteiger partial charge in [0.15, 0.2) is 6.61 Å². The molecule has 3 aromatic carbocycles. The highest BCUT2D eigenvalue weighted by Crippen LogP contribution is 2.36. The van der Waals surface area contributed by atoms with E-state index in [1.54, 1.807) is 24.0 Å². The first kappa shape index (κ1) is 37.9. The molecule has 1 saturated heterocycles. The van der Waals surface area contributed by atoms with Gasteiger partial charge in [-0.25, -0.2) is 4.79 Å². The zero-order valence-electron chi connectivity index (χ0n) is 30.6. The lowest BCUT2D eigenvalue weighted by molar-refractivity contribution is -0.121. The number of piperidine rings is 1. The number of nitrogens with zero attached hydrogens (tertiary/aromatic N) is 2. The Morgan fingerprint density at radius 3 is 2.51 bits per heavy atom. The molecule has 0 bridgehead atoms. The molecular formula is C40H52N2O9. The third-order valence-corrected chi connectivity index (χ3v) is 8.83. The van der Waals surface area contributed by atoms with Crippen molar-refractivity contribution in [1.82, 2.24) is 4.90 Å². The Labute approximate surface area is 301 Å². The molecule has 11 nitrogen and oxygen atoms in total. The number of carbonyl (C=O) groups excluding carboxylic acids is 2. The molecule has 5 rings (SSSR count). The molecule has 2 aliphatic rings. The van der Waals surface area contributed by atoms with Crippen LogP contribution in [0.3, 0.4) is 0 Å². The molecule has 2 heterocycles. The zero-order valence-corrected chi connectivity index (χ0v) is 30.6. The van der Waals surface area contributed by atoms with Crippen molar-refractivity contribution in [3.8, 4) is 17.2 Å². The van der Waals surface area contributed by atoms with E-state index in [-0.39, 0.29) is 30.6 Å². The van der Waals surface area contributed by atoms with E-state index < -0.39 is 5.60 Å². The molecule has 0 saturated carbocycles. The first-order valence-electron chi connectivity index (χ1n) is 17.7. The Morgan fingerprint density at radius 1 is 0.941 bits per heavy atom. The number of hydrogen-bond acceptors (Lipinski definition) is 9. The smallest absolute Gasteiger partial charge is 0.410 e. The Kier molecular flexibility index (Phi) is 13.6. The maximum absolute atomic E-state index is 13.1. The third kappa shape index (κ3) is 10.8. The summed E-state index contributed by atoms with van der Waals surface area (Å²) in [5, 5.41) is 0. The summed E-state index contributed by atoms with van der Waals surface area (Å²) < 4.78 is 40.5. The van der Waals surface area contributed by atoms with E-state index in [0.29, 0.717) is 64.8 Å². The average Bonchev–Trinajstić information content (AvgIpc) is 3.12. The second-order valence-corrected chi connectivity index (χ2v) is 13.8. The predicted molar refractivity (Wildman–Crippen MR) is 194 cm³/mol. The fourth-order valence-corrected chi connectivity index (χ4v) is 6.28. The molecule has 0 N–H and O–H groups in total. The number of rotatable bonds is 16. The minimum Gasteiger partial charge on any atom is -0.496 e. The molecule has 1 fully saturated rings. The summed E-state index contributed by atoms with van der Waals surface area (Å²) in [6, 6.07) is 21.8. The van der Waals surface area contributed by atoms with Gasteiger partial charge < -0.3 is 43.0 Å². The van der Waals surface area contributed by atoms with Crippen LogP contribution in [0.15, 0.2) is 66.7 Å². The van der Waals surface area contributed by atoms with Crippen molar-refractivity contribution in [3.63, 3.8) is 0 Å². The first-order chi connectivity index (χ1) is 24.6. The van der Waals surface area contributed by atoms with Crippen LogP contribution in [0.25, 0.3) is 0 Å². The van der Waals surface area contributed by atoms with Gasteiger partial charge in [-0.15, -0.1) is 0 Å². The fourth-order valence-electron chi connectivity index (χ4n) is 6.28. The number of para-hydroxylation sites is 1. The normalized spacial score (nSPS) is 17.5. The maximum atomic E-state index is 13.1. The maximum Gasteiger partial charge on any atom is 0.410 e. The summed E-state index contributed by atoms with van der Waals surface area (Å²) in [6.45, 7) is 9.58. The van der Waals surface area contributed by atoms with Gasteiger partial charge in [-0.2, -0.15) is 0 Å². The molecule has 2 atom stereocenters. The van der Waals surface area contributed by atoms with Gasteiger partial charge in [0.05, 0.1) is 51.9 Å². The number of anilines is 1. The van der Waals surface area contributed by atoms with Gasteiger partial charge in [0.1, 0.15) is 22.8 Å². The van der Waals surface area contributed by atoms with Crippen LogP contribution in [-0.2, 0) is 37.0 Å². The van der Waals surface area contributed by atoms with Gasteiger partial charge in [-0.1, -0.05) is 36.4 Å². The van der Waals surface area contributed by atoms with Crippen LogP contribution < -0.4 is 19.1 Å². The molecular weight excluding hydrogens is 652 g/mol. The quantitative estimate of drug-likeness (QED) is 0.150. The van der Waals surface area contributed by atoms with Crippen LogP contribution in [0.2, 0.25) is 0 Å². The number of fused-ring (bicyclic) bond motifs is 1. The lowest BCUT2D eigenvalue weighted by atomic mass is 9.87. The van der Waals surface area contributed by atoms with Crippen molar-refractivity contribution in [2.75, 3.05) is 65.2 Å². The molecule has 3 aromatic rings. The molecule has 276 valence electrons. The van der Waals surface area contributed by atoms with Crippen LogP contribution >= 0.6 is 0 Å². The molecule has 51 heavy (non-hydrogen) atoms. The largest absolute Gasteiger partial charge is 0.496 e. The van der Waals surface area contributed by atoms with Crippen molar-refractivity contribution in [3.05, 3.63) is 83.4 Å². The lowest BCUT2D eigenvalue weighted by Crippen LogP contribution is -2.48. The van der Waals surface area contributed by atoms with Gasteiger partial charge in [-0.05, 0) is 75.1 Å². The van der Waals surface area contributed by atoms with E-state index in [0.717, 1.165) is 46.7 Å². The van der Waals surface area contributed by atoms with E-state index in [1.165, 1.54) is 0 Å². The zero-order chi connectivity index (χ0) is 36.2. The van der Waals surface area contributed by atoms with Crippen LogP contribution in [0.5, 0.6) is 17.2 Å². The number of benzene rings is 3. The van der Waals surface area contributed by atoms with Crippen LogP contribution in [0, 0.1) is 0 Å². The number of ether oxygens (including phenoxy) is 7. The van der Waals surface area contributed by atoms with Crippen LogP contribution in [-0.4, -0.2) is 88.9 Å². The monoisotopic (exact) mass is 704 g/mol. The second-order valence-electron chi connectivity index (χ2n) is 13.8. The fraction of sp³-hybridized carbons (Fsp3) is 0.500. The summed E-state index contributed by atoms with van der Waals surface area (Å²) in [5.74, 6) is 2.25. The molecule has 2 amide bonds. The highest BCUT2D eigenvalue weighted by atomic mass is 16.6. The third-order valence-electron chi connectivity index (χ3n) is 8.83. The Bertz CT molecular complexity index is 1570. The molecule has 0 aliphatic carbocycles. The molecule has 0 aromatic heterocycles. The predicted octanol–water partition coefficient (Wildman–Crippen LogP) is 6.75. The van der Waals surface area contributed by atoms with Gasteiger partial charge >= 0.3 is 6.09 Å². The summed E-state index contributed by atoms with van der Waals surface area (Å²) in [6.07, 6.45) is 1.55. The van der Waals surface area contributed by atoms with Crippen molar-refractivity contribution in [1.29, 1.82) is 0 Å². The SMILES string of the molecule is COCCCN1C(=O)COc2ccc(COC3CN(C(=O)OC(C)(C)C)CCC3c3ccc(OCCCOCc4ccccc4OC)cc3)cc21. The number of likely N-dealkylation sites (tertiary alicyclic amines) is 1. The number of amides is 2. The topological polar surface area (TPSA) is 105 Å². The van der Waals surface area contributed by atoms with Gasteiger partial charge in [0, 0.05) is 44.7 Å². The van der Waals surface area contributed by atoms with Gasteiger partial charge in [-0.3, -0.25) is 4.79 Å². The molecule has 11 heteroatoms. The van der Waals surface area contributed by atoms with Crippen molar-refractivity contribution in [2.24, 2.45) is 0 Å². The standard InChI is InChI=1S/C40H52N2O9/c1-40(2,3)51-39(44)41-20-18-33(30-13-15-32(16-14-30)48-23-9-22-47-27-31-10-6-7-11-35(31)46-5)37(25-41)49-26-29-12-17-36-34(24-29)42(19-8-21-45-4)38(43)28-50-36/h6-7,10-17,24,33,37H,8-9,18-23,25-28H2,1-5H3. The highest BCUT2D eigenvalue weighted by Gasteiger charge is 2.35.